The molecule has 0 fully saturated rings. The second-order valence-corrected chi connectivity index (χ2v) is 5.00. The molecule has 0 aliphatic heterocycles. The summed E-state index contributed by atoms with van der Waals surface area (Å²) in [5.41, 5.74) is 0.0995. The molecule has 5 heteroatoms. The van der Waals surface area contributed by atoms with Crippen molar-refractivity contribution >= 4 is 0 Å². The number of nitrogens with zero attached hydrogens (tertiary/aromatic N) is 2. The topological polar surface area (TPSA) is 29.9 Å². The summed E-state index contributed by atoms with van der Waals surface area (Å²) in [6.45, 7) is 6.17. The average molecular weight is 231 g/mol. The Labute approximate surface area is 94.9 Å². The number of hydrogen-bond donors (Lipinski definition) is 1. The van der Waals surface area contributed by atoms with Crippen LogP contribution in [0.15, 0.2) is 12.4 Å². The second-order valence-electron chi connectivity index (χ2n) is 5.00. The van der Waals surface area contributed by atoms with Gasteiger partial charge in [0.25, 0.3) is 0 Å². The van der Waals surface area contributed by atoms with E-state index < -0.39 is 6.55 Å². The number of imidazole rings is 1. The van der Waals surface area contributed by atoms with Crippen molar-refractivity contribution in [1.82, 2.24) is 14.9 Å². The van der Waals surface area contributed by atoms with Gasteiger partial charge in [0.05, 0.1) is 6.54 Å². The average Bonchev–Trinajstić information content (AvgIpc) is 2.60. The fraction of sp³-hybridized carbons (Fsp3) is 0.727. The molecule has 0 spiro atoms. The van der Waals surface area contributed by atoms with Crippen LogP contribution in [-0.2, 0) is 6.54 Å². The maximum Gasteiger partial charge on any atom is 0.319 e. The van der Waals surface area contributed by atoms with Crippen molar-refractivity contribution in [2.75, 3.05) is 0 Å². The third-order valence-corrected chi connectivity index (χ3v) is 2.82. The van der Waals surface area contributed by atoms with E-state index in [1.54, 1.807) is 0 Å². The first-order valence-electron chi connectivity index (χ1n) is 5.35. The van der Waals surface area contributed by atoms with Crippen LogP contribution in [0.1, 0.15) is 40.1 Å². The van der Waals surface area contributed by atoms with Crippen molar-refractivity contribution in [2.24, 2.45) is 5.41 Å². The van der Waals surface area contributed by atoms with Crippen molar-refractivity contribution in [3.8, 4) is 0 Å². The molecule has 0 saturated carbocycles. The van der Waals surface area contributed by atoms with Crippen LogP contribution in [-0.4, -0.2) is 15.6 Å². The molecule has 3 nitrogen and oxygen atoms in total. The van der Waals surface area contributed by atoms with Crippen molar-refractivity contribution in [3.63, 3.8) is 0 Å². The van der Waals surface area contributed by atoms with Crippen LogP contribution in [0.4, 0.5) is 8.78 Å². The summed E-state index contributed by atoms with van der Waals surface area (Å²) in [6, 6.07) is 0.232. The summed E-state index contributed by atoms with van der Waals surface area (Å²) in [4.78, 5) is 3.91. The van der Waals surface area contributed by atoms with Gasteiger partial charge in [-0.15, -0.1) is 0 Å². The number of hydrogen-bond acceptors (Lipinski definition) is 2. The standard InChI is InChI=1S/C11H19F2N3/c1-8(11(2,3)4)15-7-9-14-5-6-16(9)10(12)13/h5-6,8,10,15H,7H2,1-4H3. The van der Waals surface area contributed by atoms with Gasteiger partial charge in [-0.25, -0.2) is 4.98 Å². The van der Waals surface area contributed by atoms with Crippen LogP contribution in [0.5, 0.6) is 0 Å². The zero-order valence-corrected chi connectivity index (χ0v) is 10.2. The Morgan fingerprint density at radius 1 is 1.44 bits per heavy atom. The van der Waals surface area contributed by atoms with Crippen molar-refractivity contribution < 1.29 is 8.78 Å². The molecule has 1 heterocycles. The number of nitrogens with one attached hydrogen (secondary N) is 1. The molecule has 1 aromatic rings. The molecule has 1 atom stereocenters. The maximum absolute atomic E-state index is 12.5. The largest absolute Gasteiger partial charge is 0.319 e. The SMILES string of the molecule is CC(NCc1nccn1C(F)F)C(C)(C)C. The molecular weight excluding hydrogens is 212 g/mol. The third kappa shape index (κ3) is 3.27. The van der Waals surface area contributed by atoms with E-state index in [-0.39, 0.29) is 11.5 Å². The highest BCUT2D eigenvalue weighted by Crippen LogP contribution is 2.19. The van der Waals surface area contributed by atoms with E-state index in [0.717, 1.165) is 4.57 Å². The minimum Gasteiger partial charge on any atom is -0.307 e. The molecule has 0 aliphatic carbocycles. The Balaban J connectivity index is 2.58. The molecule has 92 valence electrons. The van der Waals surface area contributed by atoms with Crippen molar-refractivity contribution in [3.05, 3.63) is 18.2 Å². The van der Waals surface area contributed by atoms with Gasteiger partial charge in [-0.05, 0) is 12.3 Å². The first-order valence-corrected chi connectivity index (χ1v) is 5.35. The minimum absolute atomic E-state index is 0.0995. The molecule has 1 N–H and O–H groups in total. The summed E-state index contributed by atoms with van der Waals surface area (Å²) in [6.07, 6.45) is 2.69. The van der Waals surface area contributed by atoms with E-state index in [4.69, 9.17) is 0 Å². The monoisotopic (exact) mass is 231 g/mol. The summed E-state index contributed by atoms with van der Waals surface area (Å²) < 4.78 is 25.9. The molecule has 0 amide bonds. The van der Waals surface area contributed by atoms with Gasteiger partial charge in [0, 0.05) is 18.4 Å². The van der Waals surface area contributed by atoms with E-state index in [0.29, 0.717) is 12.4 Å². The second kappa shape index (κ2) is 4.91. The van der Waals surface area contributed by atoms with Gasteiger partial charge in [0.2, 0.25) is 0 Å². The van der Waals surface area contributed by atoms with Crippen LogP contribution in [0, 0.1) is 5.41 Å². The predicted octanol–water partition coefficient (Wildman–Crippen LogP) is 2.80. The first kappa shape index (κ1) is 13.1. The number of aromatic nitrogens is 2. The molecule has 1 rings (SSSR count). The number of rotatable bonds is 4. The van der Waals surface area contributed by atoms with E-state index >= 15 is 0 Å². The summed E-state index contributed by atoms with van der Waals surface area (Å²) in [7, 11) is 0. The Hall–Kier alpha value is -0.970. The Morgan fingerprint density at radius 3 is 2.56 bits per heavy atom. The van der Waals surface area contributed by atoms with E-state index in [2.05, 4.69) is 31.1 Å². The van der Waals surface area contributed by atoms with Gasteiger partial charge in [0.1, 0.15) is 5.82 Å². The molecule has 0 radical (unpaired) electrons. The molecule has 0 aliphatic rings. The highest BCUT2D eigenvalue weighted by Gasteiger charge is 2.20. The molecule has 0 bridgehead atoms. The fourth-order valence-electron chi connectivity index (χ4n) is 1.21. The number of halogens is 2. The van der Waals surface area contributed by atoms with E-state index in [1.807, 2.05) is 6.92 Å². The van der Waals surface area contributed by atoms with Crippen LogP contribution >= 0.6 is 0 Å². The first-order chi connectivity index (χ1) is 7.32. The molecule has 1 unspecified atom stereocenters. The summed E-state index contributed by atoms with van der Waals surface area (Å²) in [5, 5.41) is 3.20. The lowest BCUT2D eigenvalue weighted by Crippen LogP contribution is -2.37. The molecule has 1 aromatic heterocycles. The van der Waals surface area contributed by atoms with Crippen LogP contribution in [0.25, 0.3) is 0 Å². The molecule has 16 heavy (non-hydrogen) atoms. The Morgan fingerprint density at radius 2 is 2.06 bits per heavy atom. The van der Waals surface area contributed by atoms with Gasteiger partial charge in [-0.2, -0.15) is 8.78 Å². The van der Waals surface area contributed by atoms with Crippen LogP contribution in [0.2, 0.25) is 0 Å². The summed E-state index contributed by atoms with van der Waals surface area (Å²) >= 11 is 0. The predicted molar refractivity (Wildman–Crippen MR) is 59.2 cm³/mol. The van der Waals surface area contributed by atoms with Crippen LogP contribution in [0.3, 0.4) is 0 Å². The van der Waals surface area contributed by atoms with Gasteiger partial charge >= 0.3 is 6.55 Å². The zero-order valence-electron chi connectivity index (χ0n) is 10.2. The molecule has 0 saturated heterocycles. The van der Waals surface area contributed by atoms with Crippen molar-refractivity contribution in [1.29, 1.82) is 0 Å². The van der Waals surface area contributed by atoms with Gasteiger partial charge in [0.15, 0.2) is 0 Å². The highest BCUT2D eigenvalue weighted by atomic mass is 19.3. The third-order valence-electron chi connectivity index (χ3n) is 2.82. The Kier molecular flexibility index (Phi) is 4.02. The van der Waals surface area contributed by atoms with Crippen molar-refractivity contribution in [2.45, 2.75) is 46.8 Å². The zero-order chi connectivity index (χ0) is 12.3. The lowest BCUT2D eigenvalue weighted by Gasteiger charge is -2.28. The highest BCUT2D eigenvalue weighted by molar-refractivity contribution is 4.93. The van der Waals surface area contributed by atoms with E-state index in [1.165, 1.54) is 12.4 Å². The van der Waals surface area contributed by atoms with Crippen LogP contribution < -0.4 is 5.32 Å². The lowest BCUT2D eigenvalue weighted by atomic mass is 9.88. The van der Waals surface area contributed by atoms with Gasteiger partial charge in [-0.1, -0.05) is 20.8 Å². The van der Waals surface area contributed by atoms with Gasteiger partial charge in [-0.3, -0.25) is 4.57 Å². The normalized spacial score (nSPS) is 14.4. The Bertz CT molecular complexity index is 328. The fourth-order valence-corrected chi connectivity index (χ4v) is 1.21. The maximum atomic E-state index is 12.5. The van der Waals surface area contributed by atoms with E-state index in [9.17, 15) is 8.78 Å². The lowest BCUT2D eigenvalue weighted by molar-refractivity contribution is 0.0662. The quantitative estimate of drug-likeness (QED) is 0.863. The summed E-state index contributed by atoms with van der Waals surface area (Å²) in [5.74, 6) is 0.367. The smallest absolute Gasteiger partial charge is 0.307 e. The minimum atomic E-state index is -2.52. The number of alkyl halides is 2. The van der Waals surface area contributed by atoms with Gasteiger partial charge < -0.3 is 5.32 Å². The molecular formula is C11H19F2N3. The molecule has 0 aromatic carbocycles.